The van der Waals surface area contributed by atoms with Crippen LogP contribution in [0.15, 0.2) is 12.7 Å². The number of carbonyl (C=O) groups is 2. The molecular weight excluding hydrogens is 178 g/mol. The number of hydrogen-bond donors (Lipinski definition) is 0. The van der Waals surface area contributed by atoms with Crippen LogP contribution in [-0.4, -0.2) is 35.6 Å². The molecule has 3 atom stereocenters. The number of Topliss-reactive ketones (excluding diaryl/α,β-unsaturated/α-hetero) is 1. The molecule has 0 spiro atoms. The van der Waals surface area contributed by atoms with Crippen molar-refractivity contribution < 1.29 is 9.59 Å². The molecule has 0 aliphatic carbocycles. The van der Waals surface area contributed by atoms with Crippen molar-refractivity contribution in [2.75, 3.05) is 6.54 Å². The third-order valence-electron chi connectivity index (χ3n) is 2.97. The Morgan fingerprint density at radius 3 is 2.64 bits per heavy atom. The van der Waals surface area contributed by atoms with Crippen molar-refractivity contribution in [2.24, 2.45) is 5.92 Å². The van der Waals surface area contributed by atoms with Gasteiger partial charge in [-0.25, -0.2) is 0 Å². The lowest BCUT2D eigenvalue weighted by atomic mass is 10.00. The number of likely N-dealkylation sites (N-methyl/N-ethyl adjacent to an activating group) is 1. The summed E-state index contributed by atoms with van der Waals surface area (Å²) in [4.78, 5) is 24.2. The van der Waals surface area contributed by atoms with Gasteiger partial charge in [0.05, 0.1) is 6.04 Å². The van der Waals surface area contributed by atoms with Crippen molar-refractivity contribution in [3.05, 3.63) is 12.7 Å². The van der Waals surface area contributed by atoms with Gasteiger partial charge in [0.25, 0.3) is 0 Å². The summed E-state index contributed by atoms with van der Waals surface area (Å²) in [5.41, 5.74) is 0. The van der Waals surface area contributed by atoms with Gasteiger partial charge in [0.2, 0.25) is 0 Å². The molecule has 1 fully saturated rings. The summed E-state index contributed by atoms with van der Waals surface area (Å²) in [5.74, 6) is 0.0735. The van der Waals surface area contributed by atoms with Gasteiger partial charge < -0.3 is 4.79 Å². The van der Waals surface area contributed by atoms with E-state index in [9.17, 15) is 9.59 Å². The van der Waals surface area contributed by atoms with Gasteiger partial charge in [0, 0.05) is 12.0 Å². The minimum atomic E-state index is -0.0989. The molecule has 1 heterocycles. The zero-order valence-corrected chi connectivity index (χ0v) is 8.77. The maximum Gasteiger partial charge on any atom is 0.146 e. The Morgan fingerprint density at radius 1 is 1.64 bits per heavy atom. The number of rotatable bonds is 4. The fourth-order valence-corrected chi connectivity index (χ4v) is 2.26. The highest BCUT2D eigenvalue weighted by Gasteiger charge is 2.40. The summed E-state index contributed by atoms with van der Waals surface area (Å²) in [6.07, 6.45) is 3.35. The summed E-state index contributed by atoms with van der Waals surface area (Å²) in [6.45, 7) is 8.09. The number of nitrogens with zero attached hydrogens (tertiary/aromatic N) is 1. The normalized spacial score (nSPS) is 32.9. The lowest BCUT2D eigenvalue weighted by molar-refractivity contribution is -0.121. The molecule has 14 heavy (non-hydrogen) atoms. The van der Waals surface area contributed by atoms with E-state index in [0.717, 1.165) is 12.8 Å². The van der Waals surface area contributed by atoms with Gasteiger partial charge in [-0.2, -0.15) is 0 Å². The van der Waals surface area contributed by atoms with Crippen molar-refractivity contribution in [2.45, 2.75) is 32.4 Å². The maximum atomic E-state index is 11.3. The third kappa shape index (κ3) is 1.77. The van der Waals surface area contributed by atoms with Crippen LogP contribution in [-0.2, 0) is 9.59 Å². The molecule has 78 valence electrons. The molecule has 0 aromatic rings. The Bertz CT molecular complexity index is 250. The minimum absolute atomic E-state index is 0.0337. The molecular formula is C11H17NO2. The first-order valence-corrected chi connectivity index (χ1v) is 4.99. The van der Waals surface area contributed by atoms with Crippen LogP contribution < -0.4 is 0 Å². The van der Waals surface area contributed by atoms with Crippen LogP contribution in [0.4, 0.5) is 0 Å². The highest BCUT2D eigenvalue weighted by Crippen LogP contribution is 2.29. The smallest absolute Gasteiger partial charge is 0.146 e. The van der Waals surface area contributed by atoms with Crippen LogP contribution in [0, 0.1) is 5.92 Å². The maximum absolute atomic E-state index is 11.3. The van der Waals surface area contributed by atoms with Crippen molar-refractivity contribution in [3.63, 3.8) is 0 Å². The Kier molecular flexibility index (Phi) is 3.58. The minimum Gasteiger partial charge on any atom is -0.303 e. The summed E-state index contributed by atoms with van der Waals surface area (Å²) in [6, 6.07) is -0.0652. The zero-order chi connectivity index (χ0) is 10.7. The van der Waals surface area contributed by atoms with E-state index in [-0.39, 0.29) is 23.8 Å². The van der Waals surface area contributed by atoms with E-state index in [1.165, 1.54) is 0 Å². The summed E-state index contributed by atoms with van der Waals surface area (Å²) in [7, 11) is 0. The SMILES string of the molecule is C=C[C@H]1C(C=O)C[C@H](C(C)=O)N1CC. The fraction of sp³-hybridized carbons (Fsp3) is 0.636. The Morgan fingerprint density at radius 2 is 2.29 bits per heavy atom. The van der Waals surface area contributed by atoms with Gasteiger partial charge in [-0.15, -0.1) is 6.58 Å². The highest BCUT2D eigenvalue weighted by molar-refractivity contribution is 5.82. The van der Waals surface area contributed by atoms with E-state index in [2.05, 4.69) is 11.5 Å². The van der Waals surface area contributed by atoms with Crippen LogP contribution in [0.25, 0.3) is 0 Å². The molecule has 3 nitrogen and oxygen atoms in total. The van der Waals surface area contributed by atoms with E-state index in [0.29, 0.717) is 6.42 Å². The van der Waals surface area contributed by atoms with Gasteiger partial charge in [0.15, 0.2) is 0 Å². The van der Waals surface area contributed by atoms with E-state index >= 15 is 0 Å². The third-order valence-corrected chi connectivity index (χ3v) is 2.97. The molecule has 3 heteroatoms. The molecule has 0 aromatic heterocycles. The summed E-state index contributed by atoms with van der Waals surface area (Å²) in [5, 5.41) is 0. The predicted molar refractivity (Wildman–Crippen MR) is 55.0 cm³/mol. The van der Waals surface area contributed by atoms with Crippen LogP contribution in [0.5, 0.6) is 0 Å². The summed E-state index contributed by atoms with van der Waals surface area (Å²) < 4.78 is 0. The topological polar surface area (TPSA) is 37.4 Å². The van der Waals surface area contributed by atoms with Crippen molar-refractivity contribution in [3.8, 4) is 0 Å². The van der Waals surface area contributed by atoms with Crippen LogP contribution in [0.3, 0.4) is 0 Å². The lowest BCUT2D eigenvalue weighted by Gasteiger charge is -2.25. The molecule has 1 aliphatic heterocycles. The number of hydrogen-bond acceptors (Lipinski definition) is 3. The molecule has 0 bridgehead atoms. The average Bonchev–Trinajstić information content (AvgIpc) is 2.54. The van der Waals surface area contributed by atoms with Crippen LogP contribution in [0.1, 0.15) is 20.3 Å². The standard InChI is InChI=1S/C11H17NO2/c1-4-10-9(7-13)6-11(8(3)14)12(10)5-2/h4,7,9-11H,1,5-6H2,2-3H3/t9?,10-,11+/m0/s1. The highest BCUT2D eigenvalue weighted by atomic mass is 16.1. The summed E-state index contributed by atoms with van der Waals surface area (Å²) >= 11 is 0. The number of aldehydes is 1. The molecule has 0 N–H and O–H groups in total. The quantitative estimate of drug-likeness (QED) is 0.497. The molecule has 1 unspecified atom stereocenters. The van der Waals surface area contributed by atoms with E-state index in [1.807, 2.05) is 6.92 Å². The lowest BCUT2D eigenvalue weighted by Crippen LogP contribution is -2.39. The van der Waals surface area contributed by atoms with Crippen LogP contribution >= 0.6 is 0 Å². The second kappa shape index (κ2) is 4.51. The van der Waals surface area contributed by atoms with E-state index in [4.69, 9.17) is 0 Å². The fourth-order valence-electron chi connectivity index (χ4n) is 2.26. The van der Waals surface area contributed by atoms with Crippen LogP contribution in [0.2, 0.25) is 0 Å². The number of likely N-dealkylation sites (tertiary alicyclic amines) is 1. The van der Waals surface area contributed by atoms with E-state index in [1.54, 1.807) is 13.0 Å². The molecule has 1 aliphatic rings. The predicted octanol–water partition coefficient (Wildman–Crippen LogP) is 1.04. The first kappa shape index (κ1) is 11.1. The molecule has 0 amide bonds. The first-order valence-electron chi connectivity index (χ1n) is 4.99. The Balaban J connectivity index is 2.88. The molecule has 1 saturated heterocycles. The number of ketones is 1. The van der Waals surface area contributed by atoms with Crippen molar-refractivity contribution in [1.82, 2.24) is 4.90 Å². The monoisotopic (exact) mass is 195 g/mol. The first-order chi connectivity index (χ1) is 6.65. The van der Waals surface area contributed by atoms with Crippen molar-refractivity contribution in [1.29, 1.82) is 0 Å². The van der Waals surface area contributed by atoms with Gasteiger partial charge in [-0.05, 0) is 19.9 Å². The average molecular weight is 195 g/mol. The largest absolute Gasteiger partial charge is 0.303 e. The van der Waals surface area contributed by atoms with Gasteiger partial charge in [-0.1, -0.05) is 13.0 Å². The number of carbonyl (C=O) groups excluding carboxylic acids is 2. The molecule has 0 saturated carbocycles. The molecule has 1 rings (SSSR count). The second-order valence-electron chi connectivity index (χ2n) is 3.72. The van der Waals surface area contributed by atoms with Gasteiger partial charge in [-0.3, -0.25) is 9.69 Å². The Labute approximate surface area is 84.8 Å². The van der Waals surface area contributed by atoms with Gasteiger partial charge >= 0.3 is 0 Å². The zero-order valence-electron chi connectivity index (χ0n) is 8.77. The molecule has 0 radical (unpaired) electrons. The van der Waals surface area contributed by atoms with Crippen molar-refractivity contribution >= 4 is 12.1 Å². The second-order valence-corrected chi connectivity index (χ2v) is 3.72. The van der Waals surface area contributed by atoms with E-state index < -0.39 is 0 Å². The Hall–Kier alpha value is -0.960. The van der Waals surface area contributed by atoms with Gasteiger partial charge in [0.1, 0.15) is 12.1 Å². The molecule has 0 aromatic carbocycles.